The Morgan fingerprint density at radius 3 is 2.48 bits per heavy atom. The summed E-state index contributed by atoms with van der Waals surface area (Å²) in [5, 5.41) is 6.02. The largest absolute Gasteiger partial charge is 0.374 e. The molecule has 2 aromatic rings. The highest BCUT2D eigenvalue weighted by atomic mass is 79.9. The first-order valence-electron chi connectivity index (χ1n) is 8.70. The van der Waals surface area contributed by atoms with Gasteiger partial charge in [0.05, 0.1) is 17.1 Å². The second kappa shape index (κ2) is 7.90. The molecule has 8 heteroatoms. The van der Waals surface area contributed by atoms with Gasteiger partial charge in [-0.1, -0.05) is 6.07 Å². The molecular weight excluding hydrogens is 430 g/mol. The first-order valence-corrected chi connectivity index (χ1v) is 11.1. The molecule has 2 aromatic carbocycles. The Hall–Kier alpha value is -2.06. The number of halogens is 1. The van der Waals surface area contributed by atoms with E-state index in [0.717, 1.165) is 15.7 Å². The van der Waals surface area contributed by atoms with Gasteiger partial charge in [-0.05, 0) is 78.2 Å². The Kier molecular flexibility index (Phi) is 5.76. The Morgan fingerprint density at radius 1 is 1.19 bits per heavy atom. The van der Waals surface area contributed by atoms with E-state index < -0.39 is 16.1 Å². The van der Waals surface area contributed by atoms with Gasteiger partial charge in [0.1, 0.15) is 6.04 Å². The summed E-state index contributed by atoms with van der Waals surface area (Å²) in [4.78, 5) is 12.4. The van der Waals surface area contributed by atoms with Crippen LogP contribution in [0.1, 0.15) is 18.9 Å². The third kappa shape index (κ3) is 4.62. The van der Waals surface area contributed by atoms with Crippen molar-refractivity contribution in [3.8, 4) is 0 Å². The van der Waals surface area contributed by atoms with E-state index in [9.17, 15) is 13.2 Å². The molecule has 1 unspecified atom stereocenters. The zero-order valence-corrected chi connectivity index (χ0v) is 17.6. The van der Waals surface area contributed by atoms with Gasteiger partial charge in [-0.2, -0.15) is 0 Å². The number of hydrogen-bond donors (Lipinski definition) is 2. The summed E-state index contributed by atoms with van der Waals surface area (Å²) in [6.07, 6.45) is 0.647. The van der Waals surface area contributed by atoms with Crippen LogP contribution >= 0.6 is 15.9 Å². The lowest BCUT2D eigenvalue weighted by molar-refractivity contribution is -0.116. The van der Waals surface area contributed by atoms with Crippen LogP contribution in [0.25, 0.3) is 0 Å². The van der Waals surface area contributed by atoms with Crippen LogP contribution < -0.4 is 14.9 Å². The van der Waals surface area contributed by atoms with Crippen molar-refractivity contribution in [2.75, 3.05) is 27.2 Å². The van der Waals surface area contributed by atoms with Crippen LogP contribution in [0.3, 0.4) is 0 Å². The quantitative estimate of drug-likeness (QED) is 0.725. The van der Waals surface area contributed by atoms with Gasteiger partial charge >= 0.3 is 0 Å². The van der Waals surface area contributed by atoms with Gasteiger partial charge < -0.3 is 10.6 Å². The first kappa shape index (κ1) is 19.7. The normalized spacial score (nSPS) is 16.8. The molecule has 0 saturated carbocycles. The zero-order chi connectivity index (χ0) is 19.6. The van der Waals surface area contributed by atoms with Crippen molar-refractivity contribution >= 4 is 48.9 Å². The van der Waals surface area contributed by atoms with E-state index in [1.54, 1.807) is 31.2 Å². The maximum atomic E-state index is 12.4. The standard InChI is InChI=1S/C19H22BrN3O3S/c1-13-4-9-18(17(20)12-13)22-19(24)14(2)21-15-5-7-16(8-6-15)23-10-3-11-27(23,25)26/h4-9,12,14,21H,3,10-11H2,1-2H3,(H,22,24). The molecule has 1 saturated heterocycles. The molecule has 0 spiro atoms. The van der Waals surface area contributed by atoms with Crippen molar-refractivity contribution in [3.05, 3.63) is 52.5 Å². The smallest absolute Gasteiger partial charge is 0.246 e. The fourth-order valence-electron chi connectivity index (χ4n) is 2.93. The van der Waals surface area contributed by atoms with Gasteiger partial charge in [-0.3, -0.25) is 9.10 Å². The number of sulfonamides is 1. The fourth-order valence-corrected chi connectivity index (χ4v) is 5.09. The van der Waals surface area contributed by atoms with E-state index in [1.807, 2.05) is 25.1 Å². The summed E-state index contributed by atoms with van der Waals surface area (Å²) in [6.45, 7) is 4.27. The minimum atomic E-state index is -3.19. The molecule has 6 nitrogen and oxygen atoms in total. The lowest BCUT2D eigenvalue weighted by Gasteiger charge is -2.19. The second-order valence-corrected chi connectivity index (χ2v) is 9.49. The van der Waals surface area contributed by atoms with Crippen LogP contribution in [-0.4, -0.2) is 32.7 Å². The molecule has 144 valence electrons. The number of nitrogens with zero attached hydrogens (tertiary/aromatic N) is 1. The predicted molar refractivity (Wildman–Crippen MR) is 113 cm³/mol. The highest BCUT2D eigenvalue weighted by Crippen LogP contribution is 2.26. The zero-order valence-electron chi connectivity index (χ0n) is 15.2. The van der Waals surface area contributed by atoms with Gasteiger partial charge in [0.15, 0.2) is 0 Å². The highest BCUT2D eigenvalue weighted by molar-refractivity contribution is 9.10. The molecule has 0 aliphatic carbocycles. The van der Waals surface area contributed by atoms with Crippen LogP contribution in [-0.2, 0) is 14.8 Å². The number of rotatable bonds is 5. The van der Waals surface area contributed by atoms with Crippen molar-refractivity contribution in [2.45, 2.75) is 26.3 Å². The summed E-state index contributed by atoms with van der Waals surface area (Å²) < 4.78 is 26.2. The average Bonchev–Trinajstić information content (AvgIpc) is 2.97. The monoisotopic (exact) mass is 451 g/mol. The van der Waals surface area contributed by atoms with Gasteiger partial charge in [0, 0.05) is 16.7 Å². The number of carbonyl (C=O) groups excluding carboxylic acids is 1. The lowest BCUT2D eigenvalue weighted by Crippen LogP contribution is -2.32. The molecule has 1 amide bonds. The lowest BCUT2D eigenvalue weighted by atomic mass is 10.2. The predicted octanol–water partition coefficient (Wildman–Crippen LogP) is 3.74. The van der Waals surface area contributed by atoms with Gasteiger partial charge in [0.25, 0.3) is 0 Å². The molecule has 0 aromatic heterocycles. The Morgan fingerprint density at radius 2 is 1.89 bits per heavy atom. The molecule has 3 rings (SSSR count). The summed E-state index contributed by atoms with van der Waals surface area (Å²) in [5.41, 5.74) is 3.22. The topological polar surface area (TPSA) is 78.5 Å². The number of anilines is 3. The van der Waals surface area contributed by atoms with Crippen LogP contribution in [0.4, 0.5) is 17.1 Å². The van der Waals surface area contributed by atoms with Crippen molar-refractivity contribution in [1.29, 1.82) is 0 Å². The van der Waals surface area contributed by atoms with Crippen molar-refractivity contribution in [1.82, 2.24) is 0 Å². The molecule has 1 aliphatic heterocycles. The molecule has 1 aliphatic rings. The minimum Gasteiger partial charge on any atom is -0.374 e. The number of nitrogens with one attached hydrogen (secondary N) is 2. The van der Waals surface area contributed by atoms with Crippen LogP contribution in [0.15, 0.2) is 46.9 Å². The number of hydrogen-bond acceptors (Lipinski definition) is 4. The summed E-state index contributed by atoms with van der Waals surface area (Å²) in [6, 6.07) is 12.4. The maximum Gasteiger partial charge on any atom is 0.246 e. The highest BCUT2D eigenvalue weighted by Gasteiger charge is 2.28. The second-order valence-electron chi connectivity index (χ2n) is 6.63. The van der Waals surface area contributed by atoms with Crippen LogP contribution in [0.2, 0.25) is 0 Å². The van der Waals surface area contributed by atoms with Crippen LogP contribution in [0, 0.1) is 6.92 Å². The molecule has 0 bridgehead atoms. The van der Waals surface area contributed by atoms with Gasteiger partial charge in [0.2, 0.25) is 15.9 Å². The molecule has 1 fully saturated rings. The van der Waals surface area contributed by atoms with E-state index in [1.165, 1.54) is 4.31 Å². The van der Waals surface area contributed by atoms with Crippen LogP contribution in [0.5, 0.6) is 0 Å². The van der Waals surface area contributed by atoms with Gasteiger partial charge in [-0.25, -0.2) is 8.42 Å². The van der Waals surface area contributed by atoms with E-state index >= 15 is 0 Å². The maximum absolute atomic E-state index is 12.4. The number of aryl methyl sites for hydroxylation is 1. The molecule has 27 heavy (non-hydrogen) atoms. The SMILES string of the molecule is Cc1ccc(NC(=O)C(C)Nc2ccc(N3CCCS3(=O)=O)cc2)c(Br)c1. The van der Waals surface area contributed by atoms with E-state index in [-0.39, 0.29) is 11.7 Å². The average molecular weight is 452 g/mol. The van der Waals surface area contributed by atoms with Gasteiger partial charge in [-0.15, -0.1) is 0 Å². The summed E-state index contributed by atoms with van der Waals surface area (Å²) in [5.74, 6) is 0.0319. The fraction of sp³-hybridized carbons (Fsp3) is 0.316. The number of carbonyl (C=O) groups is 1. The van der Waals surface area contributed by atoms with Crippen molar-refractivity contribution in [2.24, 2.45) is 0 Å². The Bertz CT molecular complexity index is 945. The van der Waals surface area contributed by atoms with E-state index in [4.69, 9.17) is 0 Å². The number of amides is 1. The molecule has 1 atom stereocenters. The molecular formula is C19H22BrN3O3S. The summed E-state index contributed by atoms with van der Waals surface area (Å²) >= 11 is 3.45. The first-order chi connectivity index (χ1) is 12.8. The molecule has 1 heterocycles. The van der Waals surface area contributed by atoms with Crippen molar-refractivity contribution < 1.29 is 13.2 Å². The third-order valence-corrected chi connectivity index (χ3v) is 6.94. The third-order valence-electron chi connectivity index (χ3n) is 4.41. The summed E-state index contributed by atoms with van der Waals surface area (Å²) in [7, 11) is -3.19. The molecule has 0 radical (unpaired) electrons. The van der Waals surface area contributed by atoms with Crippen molar-refractivity contribution in [3.63, 3.8) is 0 Å². The Labute approximate surface area is 168 Å². The number of benzene rings is 2. The minimum absolute atomic E-state index is 0.161. The van der Waals surface area contributed by atoms with E-state index in [0.29, 0.717) is 24.3 Å². The Balaban J connectivity index is 1.63. The molecule has 2 N–H and O–H groups in total. The van der Waals surface area contributed by atoms with E-state index in [2.05, 4.69) is 26.6 Å².